The van der Waals surface area contributed by atoms with Crippen LogP contribution in [0.1, 0.15) is 44.1 Å². The zero-order chi connectivity index (χ0) is 12.4. The molecule has 0 spiro atoms. The summed E-state index contributed by atoms with van der Waals surface area (Å²) in [7, 11) is 0. The number of benzene rings is 1. The van der Waals surface area contributed by atoms with Crippen LogP contribution in [0.3, 0.4) is 0 Å². The zero-order valence-corrected chi connectivity index (χ0v) is 12.5. The molecule has 0 radical (unpaired) electrons. The second-order valence-electron chi connectivity index (χ2n) is 5.85. The molecular formula is C16H22BrN. The molecule has 98 valence electrons. The maximum atomic E-state index is 3.51. The van der Waals surface area contributed by atoms with Gasteiger partial charge in [0.2, 0.25) is 0 Å². The van der Waals surface area contributed by atoms with Crippen LogP contribution < -0.4 is 0 Å². The first-order valence-electron chi connectivity index (χ1n) is 7.31. The van der Waals surface area contributed by atoms with Crippen molar-refractivity contribution < 1.29 is 0 Å². The van der Waals surface area contributed by atoms with E-state index in [1.165, 1.54) is 55.1 Å². The van der Waals surface area contributed by atoms with Gasteiger partial charge in [-0.15, -0.1) is 0 Å². The van der Waals surface area contributed by atoms with Crippen LogP contribution in [0.5, 0.6) is 0 Å². The van der Waals surface area contributed by atoms with Gasteiger partial charge in [0.15, 0.2) is 0 Å². The van der Waals surface area contributed by atoms with Crippen molar-refractivity contribution in [2.45, 2.75) is 51.1 Å². The molecule has 1 aromatic carbocycles. The predicted octanol–water partition coefficient (Wildman–Crippen LogP) is 4.60. The van der Waals surface area contributed by atoms with Gasteiger partial charge in [-0.3, -0.25) is 4.90 Å². The minimum absolute atomic E-state index is 0.871. The largest absolute Gasteiger partial charge is 0.296 e. The number of piperidine rings is 1. The minimum atomic E-state index is 0.871. The van der Waals surface area contributed by atoms with Crippen LogP contribution in [0.15, 0.2) is 28.7 Å². The van der Waals surface area contributed by atoms with Crippen LogP contribution in [-0.4, -0.2) is 17.5 Å². The second-order valence-corrected chi connectivity index (χ2v) is 6.77. The maximum Gasteiger partial charge on any atom is 0.0236 e. The van der Waals surface area contributed by atoms with E-state index in [4.69, 9.17) is 0 Å². The number of rotatable bonds is 2. The van der Waals surface area contributed by atoms with Gasteiger partial charge in [0.05, 0.1) is 0 Å². The summed E-state index contributed by atoms with van der Waals surface area (Å²) >= 11 is 3.51. The number of hydrogen-bond acceptors (Lipinski definition) is 1. The van der Waals surface area contributed by atoms with Crippen LogP contribution in [-0.2, 0) is 6.54 Å². The Morgan fingerprint density at radius 3 is 2.56 bits per heavy atom. The smallest absolute Gasteiger partial charge is 0.0236 e. The molecule has 1 aliphatic heterocycles. The normalized spacial score (nSPS) is 28.9. The summed E-state index contributed by atoms with van der Waals surface area (Å²) in [6.07, 6.45) is 8.69. The van der Waals surface area contributed by atoms with Crippen molar-refractivity contribution in [3.05, 3.63) is 34.3 Å². The molecule has 2 fully saturated rings. The fraction of sp³-hybridized carbons (Fsp3) is 0.625. The van der Waals surface area contributed by atoms with E-state index >= 15 is 0 Å². The van der Waals surface area contributed by atoms with Gasteiger partial charge < -0.3 is 0 Å². The van der Waals surface area contributed by atoms with Crippen LogP contribution in [0.25, 0.3) is 0 Å². The van der Waals surface area contributed by atoms with Crippen molar-refractivity contribution in [3.8, 4) is 0 Å². The van der Waals surface area contributed by atoms with Gasteiger partial charge in [-0.1, -0.05) is 40.9 Å². The number of hydrogen-bond donors (Lipinski definition) is 0. The lowest BCUT2D eigenvalue weighted by Crippen LogP contribution is -2.46. The van der Waals surface area contributed by atoms with Crippen molar-refractivity contribution in [1.29, 1.82) is 0 Å². The molecule has 2 unspecified atom stereocenters. The van der Waals surface area contributed by atoms with Gasteiger partial charge in [-0.25, -0.2) is 0 Å². The van der Waals surface area contributed by atoms with Gasteiger partial charge in [-0.2, -0.15) is 0 Å². The number of likely N-dealkylation sites (tertiary alicyclic amines) is 1. The molecule has 0 amide bonds. The van der Waals surface area contributed by atoms with E-state index in [9.17, 15) is 0 Å². The van der Waals surface area contributed by atoms with E-state index in [2.05, 4.69) is 45.1 Å². The van der Waals surface area contributed by atoms with Crippen molar-refractivity contribution in [2.24, 2.45) is 5.92 Å². The summed E-state index contributed by atoms with van der Waals surface area (Å²) < 4.78 is 1.18. The zero-order valence-electron chi connectivity index (χ0n) is 10.9. The molecule has 0 N–H and O–H groups in total. The Balaban J connectivity index is 1.69. The quantitative estimate of drug-likeness (QED) is 0.771. The lowest BCUT2D eigenvalue weighted by atomic mass is 9.78. The Kier molecular flexibility index (Phi) is 4.05. The van der Waals surface area contributed by atoms with Crippen molar-refractivity contribution in [3.63, 3.8) is 0 Å². The maximum absolute atomic E-state index is 3.51. The number of halogens is 1. The van der Waals surface area contributed by atoms with E-state index in [1.807, 2.05) is 0 Å². The lowest BCUT2D eigenvalue weighted by Gasteiger charge is -2.44. The molecule has 2 aliphatic rings. The topological polar surface area (TPSA) is 3.24 Å². The van der Waals surface area contributed by atoms with E-state index < -0.39 is 0 Å². The third-order valence-corrected chi connectivity index (χ3v) is 5.19. The minimum Gasteiger partial charge on any atom is -0.296 e. The van der Waals surface area contributed by atoms with Gasteiger partial charge >= 0.3 is 0 Å². The lowest BCUT2D eigenvalue weighted by molar-refractivity contribution is 0.0547. The van der Waals surface area contributed by atoms with Crippen LogP contribution >= 0.6 is 15.9 Å². The Morgan fingerprint density at radius 1 is 1.00 bits per heavy atom. The molecule has 2 atom stereocenters. The molecule has 2 heteroatoms. The van der Waals surface area contributed by atoms with Gasteiger partial charge in [-0.05, 0) is 55.8 Å². The SMILES string of the molecule is Brc1ccc(CN2CCCC3CCCCC32)cc1. The third-order valence-electron chi connectivity index (χ3n) is 4.66. The first kappa shape index (κ1) is 12.7. The summed E-state index contributed by atoms with van der Waals surface area (Å²) in [6, 6.07) is 9.72. The van der Waals surface area contributed by atoms with Crippen molar-refractivity contribution in [2.75, 3.05) is 6.54 Å². The van der Waals surface area contributed by atoms with Gasteiger partial charge in [0.25, 0.3) is 0 Å². The summed E-state index contributed by atoms with van der Waals surface area (Å²) in [5, 5.41) is 0. The molecule has 0 aromatic heterocycles. The molecule has 1 saturated heterocycles. The average molecular weight is 308 g/mol. The van der Waals surface area contributed by atoms with E-state index in [-0.39, 0.29) is 0 Å². The first-order chi connectivity index (χ1) is 8.83. The fourth-order valence-electron chi connectivity index (χ4n) is 3.75. The molecule has 1 aliphatic carbocycles. The fourth-order valence-corrected chi connectivity index (χ4v) is 4.01. The van der Waals surface area contributed by atoms with Crippen molar-refractivity contribution in [1.82, 2.24) is 4.90 Å². The highest BCUT2D eigenvalue weighted by Gasteiger charge is 2.32. The van der Waals surface area contributed by atoms with Crippen LogP contribution in [0, 0.1) is 5.92 Å². The Morgan fingerprint density at radius 2 is 1.72 bits per heavy atom. The monoisotopic (exact) mass is 307 g/mol. The van der Waals surface area contributed by atoms with Crippen LogP contribution in [0.2, 0.25) is 0 Å². The highest BCUT2D eigenvalue weighted by molar-refractivity contribution is 9.10. The molecule has 0 bridgehead atoms. The standard InChI is InChI=1S/C16H22BrN/c17-15-9-7-13(8-10-15)12-18-11-3-5-14-4-1-2-6-16(14)18/h7-10,14,16H,1-6,11-12H2. The average Bonchev–Trinajstić information content (AvgIpc) is 2.42. The summed E-state index contributed by atoms with van der Waals surface area (Å²) in [5.41, 5.74) is 1.46. The highest BCUT2D eigenvalue weighted by Crippen LogP contribution is 2.35. The predicted molar refractivity (Wildman–Crippen MR) is 79.5 cm³/mol. The molecule has 18 heavy (non-hydrogen) atoms. The summed E-state index contributed by atoms with van der Waals surface area (Å²) in [5.74, 6) is 0.989. The third kappa shape index (κ3) is 2.80. The van der Waals surface area contributed by atoms with Gasteiger partial charge in [0, 0.05) is 17.1 Å². The summed E-state index contributed by atoms with van der Waals surface area (Å²) in [4.78, 5) is 2.75. The molecule has 3 rings (SSSR count). The van der Waals surface area contributed by atoms with E-state index in [0.29, 0.717) is 0 Å². The van der Waals surface area contributed by atoms with Gasteiger partial charge in [0.1, 0.15) is 0 Å². The Bertz CT molecular complexity index is 385. The summed E-state index contributed by atoms with van der Waals surface area (Å²) in [6.45, 7) is 2.45. The number of nitrogens with zero attached hydrogens (tertiary/aromatic N) is 1. The van der Waals surface area contributed by atoms with Crippen molar-refractivity contribution >= 4 is 15.9 Å². The highest BCUT2D eigenvalue weighted by atomic mass is 79.9. The Labute approximate surface area is 119 Å². The van der Waals surface area contributed by atoms with E-state index in [0.717, 1.165) is 18.5 Å². The molecule has 1 saturated carbocycles. The molecule has 1 heterocycles. The van der Waals surface area contributed by atoms with E-state index in [1.54, 1.807) is 0 Å². The van der Waals surface area contributed by atoms with Crippen LogP contribution in [0.4, 0.5) is 0 Å². The number of fused-ring (bicyclic) bond motifs is 1. The molecule has 1 nitrogen and oxygen atoms in total. The molecule has 1 aromatic rings. The molecular weight excluding hydrogens is 286 g/mol. The second kappa shape index (κ2) is 5.75. The Hall–Kier alpha value is -0.340. The first-order valence-corrected chi connectivity index (χ1v) is 8.11.